The van der Waals surface area contributed by atoms with E-state index in [1.54, 1.807) is 30.0 Å². The molecular weight excluding hydrogens is 328 g/mol. The third-order valence-electron chi connectivity index (χ3n) is 3.55. The molecule has 6 heteroatoms. The van der Waals surface area contributed by atoms with E-state index in [4.69, 9.17) is 5.73 Å². The van der Waals surface area contributed by atoms with E-state index in [0.717, 1.165) is 4.47 Å². The first-order valence-corrected chi connectivity index (χ1v) is 7.15. The molecule has 1 heterocycles. The molecule has 1 aliphatic heterocycles. The summed E-state index contributed by atoms with van der Waals surface area (Å²) in [4.78, 5) is 26.1. The molecule has 1 aliphatic rings. The molecule has 2 rings (SSSR count). The van der Waals surface area contributed by atoms with Crippen LogP contribution in [-0.4, -0.2) is 29.8 Å². The smallest absolute Gasteiger partial charge is 0.255 e. The highest BCUT2D eigenvalue weighted by molar-refractivity contribution is 9.10. The van der Waals surface area contributed by atoms with E-state index in [2.05, 4.69) is 28.6 Å². The fraction of sp³-hybridized carbons (Fsp3) is 0.385. The topological polar surface area (TPSA) is 63.4 Å². The van der Waals surface area contributed by atoms with Crippen molar-refractivity contribution in [3.05, 3.63) is 28.2 Å². The van der Waals surface area contributed by atoms with Gasteiger partial charge in [0.25, 0.3) is 5.91 Å². The van der Waals surface area contributed by atoms with Crippen molar-refractivity contribution >= 4 is 40.4 Å². The molecular formula is C13H15BrN2O2S. The van der Waals surface area contributed by atoms with Gasteiger partial charge in [-0.1, -0.05) is 15.9 Å². The number of halogens is 1. The average Bonchev–Trinajstić information content (AvgIpc) is 2.73. The third-order valence-corrected chi connectivity index (χ3v) is 4.41. The van der Waals surface area contributed by atoms with Crippen LogP contribution in [0.3, 0.4) is 0 Å². The van der Waals surface area contributed by atoms with Crippen LogP contribution in [0.25, 0.3) is 0 Å². The van der Waals surface area contributed by atoms with Gasteiger partial charge in [0, 0.05) is 22.5 Å². The normalized spacial score (nSPS) is 22.6. The minimum absolute atomic E-state index is 0.109. The van der Waals surface area contributed by atoms with Gasteiger partial charge in [-0.25, -0.2) is 0 Å². The summed E-state index contributed by atoms with van der Waals surface area (Å²) in [6.07, 6.45) is 0.604. The van der Waals surface area contributed by atoms with Crippen molar-refractivity contribution in [2.45, 2.75) is 18.2 Å². The summed E-state index contributed by atoms with van der Waals surface area (Å²) in [5.74, 6) is -0.466. The van der Waals surface area contributed by atoms with Crippen LogP contribution >= 0.6 is 28.6 Å². The van der Waals surface area contributed by atoms with Crippen molar-refractivity contribution in [2.75, 3.05) is 13.1 Å². The summed E-state index contributed by atoms with van der Waals surface area (Å²) in [5.41, 5.74) is 5.30. The lowest BCUT2D eigenvalue weighted by Gasteiger charge is -2.21. The summed E-state index contributed by atoms with van der Waals surface area (Å²) in [5, 5.41) is 0. The van der Waals surface area contributed by atoms with Gasteiger partial charge in [0.1, 0.15) is 0 Å². The van der Waals surface area contributed by atoms with Crippen LogP contribution in [0.15, 0.2) is 27.6 Å². The summed E-state index contributed by atoms with van der Waals surface area (Å²) in [6.45, 7) is 2.71. The van der Waals surface area contributed by atoms with Gasteiger partial charge in [-0.3, -0.25) is 9.59 Å². The van der Waals surface area contributed by atoms with E-state index >= 15 is 0 Å². The second-order valence-electron chi connectivity index (χ2n) is 5.06. The lowest BCUT2D eigenvalue weighted by atomic mass is 9.89. The van der Waals surface area contributed by atoms with Gasteiger partial charge in [0.05, 0.1) is 11.0 Å². The number of amides is 2. The third kappa shape index (κ3) is 2.79. The van der Waals surface area contributed by atoms with Gasteiger partial charge in [0.15, 0.2) is 0 Å². The Balaban J connectivity index is 2.20. The van der Waals surface area contributed by atoms with Gasteiger partial charge in [0.2, 0.25) is 5.91 Å². The molecule has 1 fully saturated rings. The van der Waals surface area contributed by atoms with Gasteiger partial charge in [-0.15, -0.1) is 12.6 Å². The number of benzene rings is 1. The molecule has 4 nitrogen and oxygen atoms in total. The molecule has 0 saturated carbocycles. The Morgan fingerprint density at radius 2 is 2.16 bits per heavy atom. The van der Waals surface area contributed by atoms with E-state index in [1.165, 1.54) is 0 Å². The number of hydrogen-bond donors (Lipinski definition) is 2. The first-order valence-electron chi connectivity index (χ1n) is 5.91. The number of nitrogens with two attached hydrogens (primary N) is 1. The second-order valence-corrected chi connectivity index (χ2v) is 6.46. The number of primary amides is 1. The zero-order valence-corrected chi connectivity index (χ0v) is 13.0. The number of thiol groups is 1. The van der Waals surface area contributed by atoms with Crippen LogP contribution in [0, 0.1) is 5.41 Å². The van der Waals surface area contributed by atoms with E-state index < -0.39 is 5.41 Å². The van der Waals surface area contributed by atoms with Crippen LogP contribution < -0.4 is 5.73 Å². The Bertz CT molecular complexity index is 549. The Hall–Kier alpha value is -1.01. The Morgan fingerprint density at radius 1 is 1.47 bits per heavy atom. The first-order chi connectivity index (χ1) is 8.83. The summed E-state index contributed by atoms with van der Waals surface area (Å²) in [7, 11) is 0. The molecule has 1 aromatic carbocycles. The highest BCUT2D eigenvalue weighted by Gasteiger charge is 2.40. The van der Waals surface area contributed by atoms with Crippen molar-refractivity contribution in [3.63, 3.8) is 0 Å². The van der Waals surface area contributed by atoms with E-state index in [-0.39, 0.29) is 11.8 Å². The molecule has 0 bridgehead atoms. The maximum Gasteiger partial charge on any atom is 0.255 e. The maximum absolute atomic E-state index is 12.4. The van der Waals surface area contributed by atoms with Gasteiger partial charge in [-0.2, -0.15) is 0 Å². The van der Waals surface area contributed by atoms with Crippen LogP contribution in [0.2, 0.25) is 0 Å². The maximum atomic E-state index is 12.4. The van der Waals surface area contributed by atoms with Crippen LogP contribution in [-0.2, 0) is 4.79 Å². The molecule has 19 heavy (non-hydrogen) atoms. The predicted molar refractivity (Wildman–Crippen MR) is 79.2 cm³/mol. The molecule has 1 unspecified atom stereocenters. The fourth-order valence-corrected chi connectivity index (χ4v) is 3.04. The predicted octanol–water partition coefficient (Wildman–Crippen LogP) is 2.08. The number of carbonyl (C=O) groups excluding carboxylic acids is 2. The lowest BCUT2D eigenvalue weighted by Crippen LogP contribution is -2.38. The van der Waals surface area contributed by atoms with Crippen molar-refractivity contribution < 1.29 is 9.59 Å². The highest BCUT2D eigenvalue weighted by atomic mass is 79.9. The van der Waals surface area contributed by atoms with Crippen molar-refractivity contribution in [3.8, 4) is 0 Å². The molecule has 1 aromatic rings. The molecule has 0 spiro atoms. The minimum Gasteiger partial charge on any atom is -0.369 e. The zero-order chi connectivity index (χ0) is 14.2. The van der Waals surface area contributed by atoms with Crippen LogP contribution in [0.4, 0.5) is 0 Å². The number of likely N-dealkylation sites (tertiary alicyclic amines) is 1. The summed E-state index contributed by atoms with van der Waals surface area (Å²) < 4.78 is 0.873. The SMILES string of the molecule is CC1(C(N)=O)CCN(C(=O)c2ccc(Br)cc2S)C1. The van der Waals surface area contributed by atoms with Gasteiger partial charge in [-0.05, 0) is 31.5 Å². The standard InChI is InChI=1S/C13H15BrN2O2S/c1-13(12(15)18)4-5-16(7-13)11(17)9-3-2-8(14)6-10(9)19/h2-3,6,19H,4-5,7H2,1H3,(H2,15,18). The molecule has 1 atom stereocenters. The number of hydrogen-bond acceptors (Lipinski definition) is 3. The molecule has 2 N–H and O–H groups in total. The highest BCUT2D eigenvalue weighted by Crippen LogP contribution is 2.31. The van der Waals surface area contributed by atoms with E-state index in [0.29, 0.717) is 30.0 Å². The Kier molecular flexibility index (Phi) is 3.92. The quantitative estimate of drug-likeness (QED) is 0.808. The Morgan fingerprint density at radius 3 is 2.68 bits per heavy atom. The summed E-state index contributed by atoms with van der Waals surface area (Å²) >= 11 is 7.65. The van der Waals surface area contributed by atoms with Crippen molar-refractivity contribution in [2.24, 2.45) is 11.1 Å². The van der Waals surface area contributed by atoms with Crippen molar-refractivity contribution in [1.82, 2.24) is 4.90 Å². The van der Waals surface area contributed by atoms with Crippen molar-refractivity contribution in [1.29, 1.82) is 0 Å². The number of rotatable bonds is 2. The molecule has 1 saturated heterocycles. The average molecular weight is 343 g/mol. The summed E-state index contributed by atoms with van der Waals surface area (Å²) in [6, 6.07) is 5.31. The van der Waals surface area contributed by atoms with E-state index in [9.17, 15) is 9.59 Å². The van der Waals surface area contributed by atoms with E-state index in [1.807, 2.05) is 0 Å². The first kappa shape index (κ1) is 14.4. The Labute approximate surface area is 125 Å². The number of carbonyl (C=O) groups is 2. The largest absolute Gasteiger partial charge is 0.369 e. The monoisotopic (exact) mass is 342 g/mol. The van der Waals surface area contributed by atoms with Gasteiger partial charge >= 0.3 is 0 Å². The minimum atomic E-state index is -0.623. The van der Waals surface area contributed by atoms with Crippen LogP contribution in [0.1, 0.15) is 23.7 Å². The zero-order valence-electron chi connectivity index (χ0n) is 10.5. The molecule has 0 aromatic heterocycles. The molecule has 0 aliphatic carbocycles. The molecule has 2 amide bonds. The fourth-order valence-electron chi connectivity index (χ4n) is 2.19. The molecule has 102 valence electrons. The lowest BCUT2D eigenvalue weighted by molar-refractivity contribution is -0.126. The second kappa shape index (κ2) is 5.17. The molecule has 0 radical (unpaired) electrons. The number of nitrogens with zero attached hydrogens (tertiary/aromatic N) is 1. The van der Waals surface area contributed by atoms with Gasteiger partial charge < -0.3 is 10.6 Å². The van der Waals surface area contributed by atoms with Crippen LogP contribution in [0.5, 0.6) is 0 Å².